The van der Waals surface area contributed by atoms with Gasteiger partial charge < -0.3 is 9.88 Å². The molecule has 1 aromatic heterocycles. The first-order valence-electron chi connectivity index (χ1n) is 6.68. The van der Waals surface area contributed by atoms with Gasteiger partial charge >= 0.3 is 0 Å². The molecule has 0 saturated heterocycles. The van der Waals surface area contributed by atoms with Crippen molar-refractivity contribution >= 4 is 0 Å². The van der Waals surface area contributed by atoms with Crippen LogP contribution in [0.1, 0.15) is 45.1 Å². The number of aryl methyl sites for hydroxylation is 1. The first kappa shape index (κ1) is 14.0. The van der Waals surface area contributed by atoms with E-state index in [4.69, 9.17) is 0 Å². The van der Waals surface area contributed by atoms with Crippen molar-refractivity contribution in [2.24, 2.45) is 0 Å². The molecule has 3 heteroatoms. The summed E-state index contributed by atoms with van der Waals surface area (Å²) in [5.74, 6) is 0. The first-order chi connectivity index (χ1) is 8.29. The molecule has 1 aromatic rings. The van der Waals surface area contributed by atoms with E-state index in [2.05, 4.69) is 19.2 Å². The van der Waals surface area contributed by atoms with Crippen LogP contribution >= 0.6 is 0 Å². The summed E-state index contributed by atoms with van der Waals surface area (Å²) in [5.41, 5.74) is 1.03. The molecule has 96 valence electrons. The van der Waals surface area contributed by atoms with Gasteiger partial charge in [0.1, 0.15) is 0 Å². The predicted octanol–water partition coefficient (Wildman–Crippen LogP) is 2.54. The molecule has 0 aliphatic heterocycles. The van der Waals surface area contributed by atoms with E-state index in [1.807, 2.05) is 22.9 Å². The summed E-state index contributed by atoms with van der Waals surface area (Å²) in [4.78, 5) is 12.1. The molecule has 0 unspecified atom stereocenters. The van der Waals surface area contributed by atoms with Gasteiger partial charge in [0.05, 0.1) is 0 Å². The standard InChI is InChI=1S/C14H24N2O/c1-3-5-9-15-12-13-8-7-11-16(14(13)17)10-6-4-2/h7-8,11,15H,3-6,9-10,12H2,1-2H3. The highest BCUT2D eigenvalue weighted by Gasteiger charge is 2.01. The van der Waals surface area contributed by atoms with Crippen molar-refractivity contribution in [1.82, 2.24) is 9.88 Å². The summed E-state index contributed by atoms with van der Waals surface area (Å²) in [6, 6.07) is 3.89. The van der Waals surface area contributed by atoms with Crippen LogP contribution in [0.3, 0.4) is 0 Å². The van der Waals surface area contributed by atoms with Crippen molar-refractivity contribution < 1.29 is 0 Å². The minimum absolute atomic E-state index is 0.157. The molecule has 0 atom stereocenters. The van der Waals surface area contributed by atoms with Gasteiger partial charge in [-0.2, -0.15) is 0 Å². The van der Waals surface area contributed by atoms with E-state index in [9.17, 15) is 4.79 Å². The maximum absolute atomic E-state index is 12.1. The lowest BCUT2D eigenvalue weighted by Crippen LogP contribution is -2.27. The van der Waals surface area contributed by atoms with E-state index in [-0.39, 0.29) is 5.56 Å². The monoisotopic (exact) mass is 236 g/mol. The van der Waals surface area contributed by atoms with E-state index >= 15 is 0 Å². The van der Waals surface area contributed by atoms with Crippen LogP contribution in [0.5, 0.6) is 0 Å². The Morgan fingerprint density at radius 1 is 1.24 bits per heavy atom. The fourth-order valence-electron chi connectivity index (χ4n) is 1.75. The molecule has 0 radical (unpaired) electrons. The van der Waals surface area contributed by atoms with Crippen molar-refractivity contribution in [2.45, 2.75) is 52.6 Å². The van der Waals surface area contributed by atoms with Crippen molar-refractivity contribution in [2.75, 3.05) is 6.54 Å². The van der Waals surface area contributed by atoms with Crippen molar-refractivity contribution in [3.05, 3.63) is 34.2 Å². The lowest BCUT2D eigenvalue weighted by atomic mass is 10.2. The topological polar surface area (TPSA) is 34.0 Å². The molecule has 0 aliphatic carbocycles. The Kier molecular flexibility index (Phi) is 6.63. The van der Waals surface area contributed by atoms with E-state index < -0.39 is 0 Å². The Hall–Kier alpha value is -1.09. The van der Waals surface area contributed by atoms with Gasteiger partial charge in [-0.05, 0) is 25.5 Å². The van der Waals surface area contributed by atoms with Gasteiger partial charge in [-0.1, -0.05) is 32.8 Å². The molecule has 3 nitrogen and oxygen atoms in total. The molecular weight excluding hydrogens is 212 g/mol. The van der Waals surface area contributed by atoms with E-state index in [1.54, 1.807) is 0 Å². The summed E-state index contributed by atoms with van der Waals surface area (Å²) < 4.78 is 1.82. The van der Waals surface area contributed by atoms with E-state index in [0.29, 0.717) is 6.54 Å². The Morgan fingerprint density at radius 3 is 2.71 bits per heavy atom. The van der Waals surface area contributed by atoms with Gasteiger partial charge in [0.25, 0.3) is 5.56 Å². The molecule has 0 aliphatic rings. The second kappa shape index (κ2) is 8.07. The fourth-order valence-corrected chi connectivity index (χ4v) is 1.75. The lowest BCUT2D eigenvalue weighted by Gasteiger charge is -2.08. The van der Waals surface area contributed by atoms with Crippen molar-refractivity contribution in [3.63, 3.8) is 0 Å². The fraction of sp³-hybridized carbons (Fsp3) is 0.643. The minimum Gasteiger partial charge on any atom is -0.315 e. The molecule has 17 heavy (non-hydrogen) atoms. The van der Waals surface area contributed by atoms with Crippen LogP contribution in [-0.2, 0) is 13.1 Å². The molecule has 0 aromatic carbocycles. The summed E-state index contributed by atoms with van der Waals surface area (Å²) in [6.07, 6.45) is 6.41. The molecule has 0 bridgehead atoms. The number of pyridine rings is 1. The molecular formula is C14H24N2O. The van der Waals surface area contributed by atoms with Crippen LogP contribution in [0.15, 0.2) is 23.1 Å². The number of hydrogen-bond donors (Lipinski definition) is 1. The SMILES string of the molecule is CCCCNCc1cccn(CCCC)c1=O. The largest absolute Gasteiger partial charge is 0.315 e. The highest BCUT2D eigenvalue weighted by atomic mass is 16.1. The van der Waals surface area contributed by atoms with E-state index in [1.165, 1.54) is 6.42 Å². The Bertz CT molecular complexity index is 371. The maximum atomic E-state index is 12.1. The number of nitrogens with zero attached hydrogens (tertiary/aromatic N) is 1. The first-order valence-corrected chi connectivity index (χ1v) is 6.68. The quantitative estimate of drug-likeness (QED) is 0.704. The van der Waals surface area contributed by atoms with Crippen LogP contribution in [0.25, 0.3) is 0 Å². The van der Waals surface area contributed by atoms with Gasteiger partial charge in [-0.25, -0.2) is 0 Å². The van der Waals surface area contributed by atoms with Gasteiger partial charge in [-0.15, -0.1) is 0 Å². The number of nitrogens with one attached hydrogen (secondary N) is 1. The Balaban J connectivity index is 2.57. The third-order valence-corrected chi connectivity index (χ3v) is 2.87. The molecule has 1 heterocycles. The minimum atomic E-state index is 0.157. The maximum Gasteiger partial charge on any atom is 0.255 e. The zero-order chi connectivity index (χ0) is 12.5. The molecule has 1 rings (SSSR count). The summed E-state index contributed by atoms with van der Waals surface area (Å²) in [5, 5.41) is 3.31. The molecule has 1 N–H and O–H groups in total. The lowest BCUT2D eigenvalue weighted by molar-refractivity contribution is 0.594. The van der Waals surface area contributed by atoms with Crippen molar-refractivity contribution in [3.8, 4) is 0 Å². The molecule has 0 amide bonds. The van der Waals surface area contributed by atoms with Crippen LogP contribution in [0.2, 0.25) is 0 Å². The molecule has 0 saturated carbocycles. The smallest absolute Gasteiger partial charge is 0.255 e. The number of hydrogen-bond acceptors (Lipinski definition) is 2. The van der Waals surface area contributed by atoms with E-state index in [0.717, 1.165) is 37.9 Å². The Labute approximate surface area is 104 Å². The third-order valence-electron chi connectivity index (χ3n) is 2.87. The second-order valence-electron chi connectivity index (χ2n) is 4.42. The number of unbranched alkanes of at least 4 members (excludes halogenated alkanes) is 2. The number of rotatable bonds is 8. The van der Waals surface area contributed by atoms with Gasteiger partial charge in [-0.3, -0.25) is 4.79 Å². The zero-order valence-electron chi connectivity index (χ0n) is 11.0. The normalized spacial score (nSPS) is 10.7. The summed E-state index contributed by atoms with van der Waals surface area (Å²) >= 11 is 0. The number of aromatic nitrogens is 1. The highest BCUT2D eigenvalue weighted by Crippen LogP contribution is 1.96. The average molecular weight is 236 g/mol. The molecule has 0 spiro atoms. The van der Waals surface area contributed by atoms with Crippen molar-refractivity contribution in [1.29, 1.82) is 0 Å². The summed E-state index contributed by atoms with van der Waals surface area (Å²) in [6.45, 7) is 6.81. The van der Waals surface area contributed by atoms with Gasteiger partial charge in [0.15, 0.2) is 0 Å². The van der Waals surface area contributed by atoms with Gasteiger partial charge in [0, 0.05) is 24.8 Å². The second-order valence-corrected chi connectivity index (χ2v) is 4.42. The zero-order valence-corrected chi connectivity index (χ0v) is 11.0. The molecule has 0 fully saturated rings. The van der Waals surface area contributed by atoms with Crippen LogP contribution in [0, 0.1) is 0 Å². The average Bonchev–Trinajstić information content (AvgIpc) is 2.35. The summed E-state index contributed by atoms with van der Waals surface area (Å²) in [7, 11) is 0. The van der Waals surface area contributed by atoms with Crippen LogP contribution in [-0.4, -0.2) is 11.1 Å². The highest BCUT2D eigenvalue weighted by molar-refractivity contribution is 5.10. The predicted molar refractivity (Wildman–Crippen MR) is 72.2 cm³/mol. The Morgan fingerprint density at radius 2 is 2.00 bits per heavy atom. The van der Waals surface area contributed by atoms with Crippen LogP contribution < -0.4 is 10.9 Å². The van der Waals surface area contributed by atoms with Gasteiger partial charge in [0.2, 0.25) is 0 Å². The third kappa shape index (κ3) is 4.73. The van der Waals surface area contributed by atoms with Crippen LogP contribution in [0.4, 0.5) is 0 Å².